The second-order valence-electron chi connectivity index (χ2n) is 5.15. The van der Waals surface area contributed by atoms with E-state index >= 15 is 0 Å². The molecule has 96 valence electrons. The van der Waals surface area contributed by atoms with Gasteiger partial charge in [0.15, 0.2) is 0 Å². The molecule has 0 heterocycles. The molecule has 1 unspecified atom stereocenters. The van der Waals surface area contributed by atoms with Gasteiger partial charge in [-0.1, -0.05) is 65.7 Å². The highest BCUT2D eigenvalue weighted by molar-refractivity contribution is 5.78. The molecule has 0 amide bonds. The van der Waals surface area contributed by atoms with Crippen LogP contribution in [-0.4, -0.2) is 5.78 Å². The summed E-state index contributed by atoms with van der Waals surface area (Å²) in [5, 5.41) is 0. The van der Waals surface area contributed by atoms with Gasteiger partial charge in [0.2, 0.25) is 0 Å². The fraction of sp³-hybridized carbons (Fsp3) is 0.933. The van der Waals surface area contributed by atoms with Crippen molar-refractivity contribution in [1.82, 2.24) is 0 Å². The summed E-state index contributed by atoms with van der Waals surface area (Å²) in [5.74, 6) is 1.06. The fourth-order valence-electron chi connectivity index (χ4n) is 2.14. The van der Waals surface area contributed by atoms with Crippen LogP contribution in [-0.2, 0) is 4.79 Å². The third-order valence-corrected chi connectivity index (χ3v) is 3.16. The van der Waals surface area contributed by atoms with Crippen LogP contribution in [0, 0.1) is 5.92 Å². The van der Waals surface area contributed by atoms with E-state index in [4.69, 9.17) is 0 Å². The van der Waals surface area contributed by atoms with Gasteiger partial charge >= 0.3 is 0 Å². The first kappa shape index (κ1) is 15.7. The van der Waals surface area contributed by atoms with Crippen molar-refractivity contribution in [3.63, 3.8) is 0 Å². The normalized spacial score (nSPS) is 12.7. The van der Waals surface area contributed by atoms with E-state index in [0.717, 1.165) is 19.3 Å². The SMILES string of the molecule is CCCCCCCCC(C)CC(=O)CCC. The van der Waals surface area contributed by atoms with Gasteiger partial charge in [0.05, 0.1) is 0 Å². The summed E-state index contributed by atoms with van der Waals surface area (Å²) in [4.78, 5) is 11.4. The van der Waals surface area contributed by atoms with Crippen molar-refractivity contribution in [2.75, 3.05) is 0 Å². The summed E-state index contributed by atoms with van der Waals surface area (Å²) < 4.78 is 0. The lowest BCUT2D eigenvalue weighted by molar-refractivity contribution is -0.119. The van der Waals surface area contributed by atoms with Crippen LogP contribution in [0.4, 0.5) is 0 Å². The number of unbranched alkanes of at least 4 members (excludes halogenated alkanes) is 5. The zero-order valence-corrected chi connectivity index (χ0v) is 11.6. The molecular formula is C15H30O. The Hall–Kier alpha value is -0.330. The molecule has 0 aromatic carbocycles. The van der Waals surface area contributed by atoms with Crippen LogP contribution >= 0.6 is 0 Å². The van der Waals surface area contributed by atoms with E-state index in [2.05, 4.69) is 20.8 Å². The first-order valence-electron chi connectivity index (χ1n) is 7.22. The third kappa shape index (κ3) is 10.2. The van der Waals surface area contributed by atoms with E-state index in [9.17, 15) is 4.79 Å². The molecule has 0 radical (unpaired) electrons. The molecule has 1 atom stereocenters. The molecule has 0 aromatic heterocycles. The minimum atomic E-state index is 0.459. The van der Waals surface area contributed by atoms with Crippen molar-refractivity contribution < 1.29 is 4.79 Å². The highest BCUT2D eigenvalue weighted by Crippen LogP contribution is 2.15. The van der Waals surface area contributed by atoms with E-state index in [1.165, 1.54) is 44.9 Å². The molecule has 0 aliphatic heterocycles. The summed E-state index contributed by atoms with van der Waals surface area (Å²) in [5.41, 5.74) is 0. The van der Waals surface area contributed by atoms with E-state index in [0.29, 0.717) is 11.7 Å². The summed E-state index contributed by atoms with van der Waals surface area (Å²) in [6.07, 6.45) is 12.0. The average Bonchev–Trinajstić information content (AvgIpc) is 2.23. The van der Waals surface area contributed by atoms with Gasteiger partial charge in [-0.15, -0.1) is 0 Å². The topological polar surface area (TPSA) is 17.1 Å². The number of hydrogen-bond acceptors (Lipinski definition) is 1. The van der Waals surface area contributed by atoms with Crippen molar-refractivity contribution in [3.8, 4) is 0 Å². The molecule has 0 saturated carbocycles. The Balaban J connectivity index is 3.29. The predicted molar refractivity (Wildman–Crippen MR) is 71.7 cm³/mol. The van der Waals surface area contributed by atoms with Gasteiger partial charge in [0.1, 0.15) is 5.78 Å². The maximum atomic E-state index is 11.4. The standard InChI is InChI=1S/C15H30O/c1-4-6-7-8-9-10-12-14(3)13-15(16)11-5-2/h14H,4-13H2,1-3H3. The molecule has 0 bridgehead atoms. The third-order valence-electron chi connectivity index (χ3n) is 3.16. The first-order valence-corrected chi connectivity index (χ1v) is 7.22. The van der Waals surface area contributed by atoms with Crippen molar-refractivity contribution >= 4 is 5.78 Å². The number of carbonyl (C=O) groups excluding carboxylic acids is 1. The van der Waals surface area contributed by atoms with Gasteiger partial charge in [0, 0.05) is 12.8 Å². The van der Waals surface area contributed by atoms with E-state index in [-0.39, 0.29) is 0 Å². The van der Waals surface area contributed by atoms with Crippen LogP contribution in [0.1, 0.15) is 85.0 Å². The quantitative estimate of drug-likeness (QED) is 0.446. The van der Waals surface area contributed by atoms with Crippen LogP contribution < -0.4 is 0 Å². The van der Waals surface area contributed by atoms with Gasteiger partial charge in [-0.3, -0.25) is 4.79 Å². The molecule has 1 nitrogen and oxygen atoms in total. The van der Waals surface area contributed by atoms with E-state index < -0.39 is 0 Å². The van der Waals surface area contributed by atoms with Crippen molar-refractivity contribution in [3.05, 3.63) is 0 Å². The van der Waals surface area contributed by atoms with Gasteiger partial charge < -0.3 is 0 Å². The smallest absolute Gasteiger partial charge is 0.133 e. The zero-order valence-electron chi connectivity index (χ0n) is 11.6. The molecule has 0 rings (SSSR count). The second-order valence-corrected chi connectivity index (χ2v) is 5.15. The number of hydrogen-bond donors (Lipinski definition) is 0. The average molecular weight is 226 g/mol. The monoisotopic (exact) mass is 226 g/mol. The number of ketones is 1. The summed E-state index contributed by atoms with van der Waals surface area (Å²) >= 11 is 0. The lowest BCUT2D eigenvalue weighted by Gasteiger charge is -2.09. The second kappa shape index (κ2) is 11.2. The molecule has 0 aliphatic rings. The largest absolute Gasteiger partial charge is 0.300 e. The van der Waals surface area contributed by atoms with Crippen molar-refractivity contribution in [2.24, 2.45) is 5.92 Å². The van der Waals surface area contributed by atoms with Crippen LogP contribution in [0.2, 0.25) is 0 Å². The first-order chi connectivity index (χ1) is 7.70. The van der Waals surface area contributed by atoms with Gasteiger partial charge in [-0.2, -0.15) is 0 Å². The minimum absolute atomic E-state index is 0.459. The van der Waals surface area contributed by atoms with E-state index in [1.54, 1.807) is 0 Å². The maximum absolute atomic E-state index is 11.4. The minimum Gasteiger partial charge on any atom is -0.300 e. The van der Waals surface area contributed by atoms with Crippen molar-refractivity contribution in [2.45, 2.75) is 85.0 Å². The lowest BCUT2D eigenvalue weighted by atomic mass is 9.96. The Morgan fingerprint density at radius 2 is 1.56 bits per heavy atom. The van der Waals surface area contributed by atoms with Crippen molar-refractivity contribution in [1.29, 1.82) is 0 Å². The van der Waals surface area contributed by atoms with Crippen LogP contribution in [0.25, 0.3) is 0 Å². The Kier molecular flexibility index (Phi) is 10.9. The van der Waals surface area contributed by atoms with Gasteiger partial charge in [-0.05, 0) is 12.3 Å². The molecular weight excluding hydrogens is 196 g/mol. The van der Waals surface area contributed by atoms with Crippen LogP contribution in [0.5, 0.6) is 0 Å². The van der Waals surface area contributed by atoms with Gasteiger partial charge in [-0.25, -0.2) is 0 Å². The number of carbonyl (C=O) groups is 1. The molecule has 0 spiro atoms. The Labute approximate surface area is 102 Å². The summed E-state index contributed by atoms with van der Waals surface area (Å²) in [7, 11) is 0. The predicted octanol–water partition coefficient (Wildman–Crippen LogP) is 5.13. The Morgan fingerprint density at radius 1 is 0.938 bits per heavy atom. The molecule has 16 heavy (non-hydrogen) atoms. The molecule has 0 fully saturated rings. The van der Waals surface area contributed by atoms with Gasteiger partial charge in [0.25, 0.3) is 0 Å². The Bertz CT molecular complexity index is 163. The highest BCUT2D eigenvalue weighted by atomic mass is 16.1. The number of Topliss-reactive ketones (excluding diaryl/α,β-unsaturated/α-hetero) is 1. The fourth-order valence-corrected chi connectivity index (χ4v) is 2.14. The molecule has 1 heteroatoms. The summed E-state index contributed by atoms with van der Waals surface area (Å²) in [6, 6.07) is 0. The molecule has 0 saturated heterocycles. The molecule has 0 aromatic rings. The zero-order chi connectivity index (χ0) is 12.2. The van der Waals surface area contributed by atoms with E-state index in [1.807, 2.05) is 0 Å². The summed E-state index contributed by atoms with van der Waals surface area (Å²) in [6.45, 7) is 6.55. The lowest BCUT2D eigenvalue weighted by Crippen LogP contribution is -2.05. The van der Waals surface area contributed by atoms with Crippen LogP contribution in [0.15, 0.2) is 0 Å². The van der Waals surface area contributed by atoms with Crippen LogP contribution in [0.3, 0.4) is 0 Å². The maximum Gasteiger partial charge on any atom is 0.133 e. The molecule has 0 aliphatic carbocycles. The molecule has 0 N–H and O–H groups in total. The highest BCUT2D eigenvalue weighted by Gasteiger charge is 2.07. The Morgan fingerprint density at radius 3 is 2.19 bits per heavy atom. The number of rotatable bonds is 11.